The number of allylic oxidation sites excluding steroid dienone is 1. The highest BCUT2D eigenvalue weighted by molar-refractivity contribution is 7.56. The monoisotopic (exact) mass is 222 g/mol. The fraction of sp³-hybridized carbons (Fsp3) is 0. The lowest BCUT2D eigenvalue weighted by molar-refractivity contribution is 1.64. The van der Waals surface area contributed by atoms with Gasteiger partial charge in [0.05, 0.1) is 0 Å². The van der Waals surface area contributed by atoms with Crippen LogP contribution in [0.3, 0.4) is 0 Å². The van der Waals surface area contributed by atoms with Crippen molar-refractivity contribution in [3.05, 3.63) is 77.9 Å². The molecule has 0 saturated heterocycles. The number of benzene rings is 2. The Bertz CT molecular complexity index is 491. The van der Waals surface area contributed by atoms with E-state index >= 15 is 0 Å². The third kappa shape index (κ3) is 1.73. The molecule has 2 aromatic carbocycles. The molecule has 1 aliphatic rings. The van der Waals surface area contributed by atoms with Gasteiger partial charge in [-0.15, -0.1) is 0 Å². The van der Waals surface area contributed by atoms with Gasteiger partial charge >= 0.3 is 0 Å². The molecule has 0 fully saturated rings. The molecule has 0 nitrogen and oxygen atoms in total. The second kappa shape index (κ2) is 4.08. The summed E-state index contributed by atoms with van der Waals surface area (Å²) in [4.78, 5) is 0. The molecule has 3 rings (SSSR count). The molecule has 1 heterocycles. The minimum absolute atomic E-state index is 1.34. The van der Waals surface area contributed by atoms with Crippen LogP contribution in [0.5, 0.6) is 0 Å². The van der Waals surface area contributed by atoms with E-state index in [4.69, 9.17) is 0 Å². The Morgan fingerprint density at radius 2 is 1.12 bits per heavy atom. The summed E-state index contributed by atoms with van der Waals surface area (Å²) in [5, 5.41) is 2.83. The van der Waals surface area contributed by atoms with E-state index in [0.717, 1.165) is 0 Å². The Morgan fingerprint density at radius 1 is 0.625 bits per heavy atom. The molecule has 0 radical (unpaired) electrons. The summed E-state index contributed by atoms with van der Waals surface area (Å²) in [6.45, 7) is 0. The van der Waals surface area contributed by atoms with Crippen LogP contribution < -0.4 is 0 Å². The Hall–Kier alpha value is -1.65. The molecular weight excluding hydrogens is 211 g/mol. The predicted octanol–water partition coefficient (Wildman–Crippen LogP) is 4.21. The molecule has 0 atom stereocenters. The average Bonchev–Trinajstić information content (AvgIpc) is 2.30. The van der Waals surface area contributed by atoms with Crippen LogP contribution in [0.25, 0.3) is 5.31 Å². The first-order valence-electron chi connectivity index (χ1n) is 5.35. The molecule has 0 N–H and O–H groups in total. The van der Waals surface area contributed by atoms with E-state index in [1.165, 1.54) is 29.9 Å². The second-order valence-corrected chi connectivity index (χ2v) is 4.95. The predicted molar refractivity (Wildman–Crippen MR) is 71.9 cm³/mol. The van der Waals surface area contributed by atoms with Crippen LogP contribution in [0.4, 0.5) is 0 Å². The third-order valence-corrected chi connectivity index (χ3v) is 3.91. The molecule has 0 aromatic heterocycles. The van der Waals surface area contributed by atoms with E-state index in [9.17, 15) is 0 Å². The summed E-state index contributed by atoms with van der Waals surface area (Å²) in [7, 11) is 1.35. The fourth-order valence-electron chi connectivity index (χ4n) is 1.77. The zero-order valence-electron chi connectivity index (χ0n) is 8.80. The Labute approximate surface area is 97.1 Å². The van der Waals surface area contributed by atoms with Gasteiger partial charge in [0, 0.05) is 10.6 Å². The third-order valence-electron chi connectivity index (χ3n) is 2.65. The highest BCUT2D eigenvalue weighted by atomic mass is 31.1. The first kappa shape index (κ1) is 9.57. The van der Waals surface area contributed by atoms with Gasteiger partial charge in [-0.25, -0.2) is 0 Å². The SMILES string of the molecule is C1=C(c2ccccc2)P=C1c1ccccc1. The van der Waals surface area contributed by atoms with Crippen LogP contribution in [0.15, 0.2) is 66.7 Å². The van der Waals surface area contributed by atoms with E-state index in [-0.39, 0.29) is 0 Å². The molecule has 2 aromatic rings. The van der Waals surface area contributed by atoms with Crippen molar-refractivity contribution in [3.63, 3.8) is 0 Å². The van der Waals surface area contributed by atoms with Crippen molar-refractivity contribution in [2.45, 2.75) is 0 Å². The van der Waals surface area contributed by atoms with Gasteiger partial charge in [0.15, 0.2) is 0 Å². The first-order chi connectivity index (χ1) is 7.93. The lowest BCUT2D eigenvalue weighted by atomic mass is 10.1. The zero-order valence-corrected chi connectivity index (χ0v) is 9.69. The summed E-state index contributed by atoms with van der Waals surface area (Å²) < 4.78 is 0. The minimum Gasteiger partial charge on any atom is -0.0622 e. The Kier molecular flexibility index (Phi) is 2.44. The summed E-state index contributed by atoms with van der Waals surface area (Å²) >= 11 is 0. The molecule has 0 bridgehead atoms. The van der Waals surface area contributed by atoms with Crippen molar-refractivity contribution in [2.75, 3.05) is 0 Å². The maximum Gasteiger partial charge on any atom is 0.0106 e. The van der Waals surface area contributed by atoms with E-state index in [0.29, 0.717) is 0 Å². The van der Waals surface area contributed by atoms with Crippen LogP contribution in [-0.4, -0.2) is 5.29 Å². The summed E-state index contributed by atoms with van der Waals surface area (Å²) in [5.41, 5.74) is 2.67. The second-order valence-electron chi connectivity index (χ2n) is 3.76. The quantitative estimate of drug-likeness (QED) is 0.668. The maximum atomic E-state index is 2.28. The number of hydrogen-bond acceptors (Lipinski definition) is 0. The fourth-order valence-corrected chi connectivity index (χ4v) is 2.77. The number of hydrogen-bond donors (Lipinski definition) is 0. The van der Waals surface area contributed by atoms with Crippen LogP contribution >= 0.6 is 8.20 Å². The largest absolute Gasteiger partial charge is 0.0622 e. The molecule has 16 heavy (non-hydrogen) atoms. The average molecular weight is 222 g/mol. The molecule has 0 spiro atoms. The molecule has 76 valence electrons. The van der Waals surface area contributed by atoms with E-state index in [2.05, 4.69) is 66.7 Å². The van der Waals surface area contributed by atoms with Crippen molar-refractivity contribution < 1.29 is 0 Å². The van der Waals surface area contributed by atoms with Crippen LogP contribution in [0.1, 0.15) is 11.1 Å². The topological polar surface area (TPSA) is 0 Å². The molecule has 0 unspecified atom stereocenters. The van der Waals surface area contributed by atoms with Crippen LogP contribution in [0.2, 0.25) is 0 Å². The van der Waals surface area contributed by atoms with Crippen LogP contribution in [0, 0.1) is 0 Å². The van der Waals surface area contributed by atoms with Gasteiger partial charge in [-0.1, -0.05) is 68.9 Å². The highest BCUT2D eigenvalue weighted by Gasteiger charge is 2.11. The lowest BCUT2D eigenvalue weighted by Crippen LogP contribution is -2.00. The molecule has 0 saturated carbocycles. The Morgan fingerprint density at radius 3 is 1.69 bits per heavy atom. The van der Waals surface area contributed by atoms with Gasteiger partial charge < -0.3 is 0 Å². The highest BCUT2D eigenvalue weighted by Crippen LogP contribution is 2.37. The normalized spacial score (nSPS) is 14.8. The maximum absolute atomic E-state index is 2.28. The van der Waals surface area contributed by atoms with E-state index < -0.39 is 0 Å². The van der Waals surface area contributed by atoms with Gasteiger partial charge in [-0.3, -0.25) is 0 Å². The molecule has 1 aliphatic heterocycles. The molecular formula is C15H11P. The molecule has 1 heteroatoms. The van der Waals surface area contributed by atoms with Crippen molar-refractivity contribution in [1.82, 2.24) is 0 Å². The summed E-state index contributed by atoms with van der Waals surface area (Å²) in [6.07, 6.45) is 2.28. The Balaban J connectivity index is 1.83. The van der Waals surface area contributed by atoms with Crippen molar-refractivity contribution in [3.8, 4) is 0 Å². The first-order valence-corrected chi connectivity index (χ1v) is 6.24. The van der Waals surface area contributed by atoms with Crippen molar-refractivity contribution >= 4 is 18.8 Å². The smallest absolute Gasteiger partial charge is 0.0106 e. The minimum atomic E-state index is 1.34. The van der Waals surface area contributed by atoms with Crippen molar-refractivity contribution in [1.29, 1.82) is 0 Å². The number of rotatable bonds is 2. The van der Waals surface area contributed by atoms with Gasteiger partial charge in [0.1, 0.15) is 0 Å². The summed E-state index contributed by atoms with van der Waals surface area (Å²) in [5.74, 6) is 0. The molecule has 0 amide bonds. The van der Waals surface area contributed by atoms with Gasteiger partial charge in [0.25, 0.3) is 0 Å². The van der Waals surface area contributed by atoms with Gasteiger partial charge in [0.2, 0.25) is 0 Å². The van der Waals surface area contributed by atoms with Crippen molar-refractivity contribution in [2.24, 2.45) is 0 Å². The van der Waals surface area contributed by atoms with Crippen LogP contribution in [-0.2, 0) is 0 Å². The standard InChI is InChI=1S/C15H11P/c1-3-7-12(8-4-1)14-11-15(16-14)13-9-5-2-6-10-13/h1-11H. The van der Waals surface area contributed by atoms with E-state index in [1.807, 2.05) is 0 Å². The zero-order chi connectivity index (χ0) is 10.8. The lowest BCUT2D eigenvalue weighted by Gasteiger charge is -2.14. The summed E-state index contributed by atoms with van der Waals surface area (Å²) in [6, 6.07) is 21.1. The van der Waals surface area contributed by atoms with Gasteiger partial charge in [-0.2, -0.15) is 0 Å². The van der Waals surface area contributed by atoms with Gasteiger partial charge in [-0.05, 0) is 17.2 Å². The van der Waals surface area contributed by atoms with E-state index in [1.54, 1.807) is 0 Å². The molecule has 0 aliphatic carbocycles.